The predicted molar refractivity (Wildman–Crippen MR) is 69.0 cm³/mol. The number of methoxy groups -OCH3 is 1. The Morgan fingerprint density at radius 3 is 2.56 bits per heavy atom. The van der Waals surface area contributed by atoms with Gasteiger partial charge in [-0.3, -0.25) is 4.79 Å². The maximum atomic E-state index is 11.9. The molecule has 0 bridgehead atoms. The molecule has 2 rings (SSSR count). The van der Waals surface area contributed by atoms with E-state index >= 15 is 0 Å². The van der Waals surface area contributed by atoms with Gasteiger partial charge in [-0.2, -0.15) is 9.78 Å². The molecule has 94 valence electrons. The molecule has 0 aliphatic heterocycles. The van der Waals surface area contributed by atoms with Crippen molar-refractivity contribution in [2.24, 2.45) is 5.73 Å². The lowest BCUT2D eigenvalue weighted by Crippen LogP contribution is -2.23. The maximum Gasteiger partial charge on any atom is 0.271 e. The zero-order valence-electron chi connectivity index (χ0n) is 10.4. The first kappa shape index (κ1) is 12.3. The molecule has 2 aromatic rings. The van der Waals surface area contributed by atoms with E-state index in [1.165, 1.54) is 10.7 Å². The average Bonchev–Trinajstić information content (AvgIpc) is 2.41. The first-order valence-electron chi connectivity index (χ1n) is 5.60. The Kier molecular flexibility index (Phi) is 3.43. The van der Waals surface area contributed by atoms with Crippen molar-refractivity contribution in [1.82, 2.24) is 9.78 Å². The van der Waals surface area contributed by atoms with E-state index in [0.29, 0.717) is 12.2 Å². The summed E-state index contributed by atoms with van der Waals surface area (Å²) >= 11 is 0. The lowest BCUT2D eigenvalue weighted by molar-refractivity contribution is 0.414. The minimum atomic E-state index is -0.189. The van der Waals surface area contributed by atoms with Gasteiger partial charge in [0.25, 0.3) is 5.56 Å². The Morgan fingerprint density at radius 1 is 1.33 bits per heavy atom. The largest absolute Gasteiger partial charge is 0.497 e. The summed E-state index contributed by atoms with van der Waals surface area (Å²) in [5.41, 5.74) is 7.58. The summed E-state index contributed by atoms with van der Waals surface area (Å²) in [4.78, 5) is 11.9. The van der Waals surface area contributed by atoms with E-state index in [1.807, 2.05) is 6.92 Å². The first-order valence-corrected chi connectivity index (χ1v) is 5.60. The first-order chi connectivity index (χ1) is 8.65. The highest BCUT2D eigenvalue weighted by atomic mass is 16.5. The normalized spacial score (nSPS) is 10.4. The minimum absolute atomic E-state index is 0.189. The fourth-order valence-corrected chi connectivity index (χ4v) is 1.69. The quantitative estimate of drug-likeness (QED) is 0.876. The van der Waals surface area contributed by atoms with Crippen LogP contribution >= 0.6 is 0 Å². The Bertz CT molecular complexity index is 603. The molecule has 18 heavy (non-hydrogen) atoms. The number of hydrogen-bond acceptors (Lipinski definition) is 4. The van der Waals surface area contributed by atoms with E-state index in [0.717, 1.165) is 17.0 Å². The number of nitrogens with zero attached hydrogens (tertiary/aromatic N) is 2. The van der Waals surface area contributed by atoms with Crippen LogP contribution in [-0.2, 0) is 6.54 Å². The summed E-state index contributed by atoms with van der Waals surface area (Å²) in [5.74, 6) is 0.738. The molecule has 1 aromatic carbocycles. The van der Waals surface area contributed by atoms with Gasteiger partial charge in [-0.1, -0.05) is 0 Å². The molecule has 0 spiro atoms. The van der Waals surface area contributed by atoms with E-state index in [2.05, 4.69) is 5.10 Å². The van der Waals surface area contributed by atoms with Gasteiger partial charge in [0, 0.05) is 12.6 Å². The van der Waals surface area contributed by atoms with Crippen molar-refractivity contribution in [2.75, 3.05) is 7.11 Å². The number of nitrogens with two attached hydrogens (primary N) is 1. The van der Waals surface area contributed by atoms with E-state index in [-0.39, 0.29) is 5.56 Å². The van der Waals surface area contributed by atoms with Crippen LogP contribution in [0.2, 0.25) is 0 Å². The summed E-state index contributed by atoms with van der Waals surface area (Å²) in [6, 6.07) is 8.67. The van der Waals surface area contributed by atoms with Crippen molar-refractivity contribution in [3.05, 3.63) is 51.9 Å². The average molecular weight is 245 g/mol. The van der Waals surface area contributed by atoms with Gasteiger partial charge in [-0.05, 0) is 36.8 Å². The van der Waals surface area contributed by atoms with Crippen molar-refractivity contribution < 1.29 is 4.74 Å². The van der Waals surface area contributed by atoms with Gasteiger partial charge in [0.05, 0.1) is 18.5 Å². The summed E-state index contributed by atoms with van der Waals surface area (Å²) in [6.45, 7) is 2.15. The van der Waals surface area contributed by atoms with Gasteiger partial charge >= 0.3 is 0 Å². The molecule has 1 aromatic heterocycles. The molecule has 0 saturated heterocycles. The van der Waals surface area contributed by atoms with E-state index < -0.39 is 0 Å². The Balaban J connectivity index is 2.50. The van der Waals surface area contributed by atoms with Crippen LogP contribution in [0, 0.1) is 6.92 Å². The Hall–Kier alpha value is -2.14. The maximum absolute atomic E-state index is 11.9. The van der Waals surface area contributed by atoms with Crippen LogP contribution in [0.15, 0.2) is 35.1 Å². The lowest BCUT2D eigenvalue weighted by Gasteiger charge is -2.08. The van der Waals surface area contributed by atoms with Crippen LogP contribution in [-0.4, -0.2) is 16.9 Å². The van der Waals surface area contributed by atoms with E-state index in [4.69, 9.17) is 10.5 Å². The summed E-state index contributed by atoms with van der Waals surface area (Å²) in [6.07, 6.45) is 0. The van der Waals surface area contributed by atoms with Crippen LogP contribution in [0.1, 0.15) is 11.3 Å². The number of ether oxygens (including phenoxy) is 1. The Labute approximate surface area is 105 Å². The number of hydrogen-bond donors (Lipinski definition) is 1. The highest BCUT2D eigenvalue weighted by molar-refractivity contribution is 5.37. The molecule has 0 fully saturated rings. The lowest BCUT2D eigenvalue weighted by atomic mass is 10.2. The zero-order chi connectivity index (χ0) is 13.1. The third kappa shape index (κ3) is 2.26. The second-order valence-corrected chi connectivity index (χ2v) is 3.91. The van der Waals surface area contributed by atoms with Crippen LogP contribution in [0.25, 0.3) is 5.69 Å². The van der Waals surface area contributed by atoms with Crippen molar-refractivity contribution in [3.8, 4) is 11.4 Å². The van der Waals surface area contributed by atoms with Crippen molar-refractivity contribution in [3.63, 3.8) is 0 Å². The van der Waals surface area contributed by atoms with Crippen LogP contribution in [0.5, 0.6) is 5.75 Å². The van der Waals surface area contributed by atoms with Gasteiger partial charge < -0.3 is 10.5 Å². The predicted octanol–water partition coefficient (Wildman–Crippen LogP) is 1.01. The highest BCUT2D eigenvalue weighted by Gasteiger charge is 2.06. The molecule has 5 nitrogen and oxygen atoms in total. The molecule has 0 aliphatic rings. The fourth-order valence-electron chi connectivity index (χ4n) is 1.69. The van der Waals surface area contributed by atoms with Gasteiger partial charge in [0.15, 0.2) is 0 Å². The second-order valence-electron chi connectivity index (χ2n) is 3.91. The zero-order valence-corrected chi connectivity index (χ0v) is 10.4. The summed E-state index contributed by atoms with van der Waals surface area (Å²) < 4.78 is 6.43. The van der Waals surface area contributed by atoms with Gasteiger partial charge in [0.2, 0.25) is 0 Å². The molecule has 0 radical (unpaired) electrons. The van der Waals surface area contributed by atoms with Crippen LogP contribution in [0.3, 0.4) is 0 Å². The standard InChI is InChI=1S/C13H15N3O2/c1-9-10(8-14)7-13(17)16(15-9)11-3-5-12(18-2)6-4-11/h3-7H,8,14H2,1-2H3. The molecule has 0 aliphatic carbocycles. The monoisotopic (exact) mass is 245 g/mol. The van der Waals surface area contributed by atoms with E-state index in [9.17, 15) is 4.79 Å². The molecular weight excluding hydrogens is 230 g/mol. The smallest absolute Gasteiger partial charge is 0.271 e. The minimum Gasteiger partial charge on any atom is -0.497 e. The highest BCUT2D eigenvalue weighted by Crippen LogP contribution is 2.13. The molecule has 0 saturated carbocycles. The van der Waals surface area contributed by atoms with Gasteiger partial charge in [0.1, 0.15) is 5.75 Å². The topological polar surface area (TPSA) is 70.1 Å². The van der Waals surface area contributed by atoms with Crippen molar-refractivity contribution in [1.29, 1.82) is 0 Å². The van der Waals surface area contributed by atoms with Gasteiger partial charge in [-0.25, -0.2) is 0 Å². The second kappa shape index (κ2) is 5.01. The fraction of sp³-hybridized carbons (Fsp3) is 0.231. The van der Waals surface area contributed by atoms with Crippen molar-refractivity contribution in [2.45, 2.75) is 13.5 Å². The Morgan fingerprint density at radius 2 is 2.00 bits per heavy atom. The summed E-state index contributed by atoms with van der Waals surface area (Å²) in [5, 5.41) is 4.25. The number of benzene rings is 1. The molecule has 1 heterocycles. The number of aromatic nitrogens is 2. The van der Waals surface area contributed by atoms with Crippen molar-refractivity contribution >= 4 is 0 Å². The molecule has 0 atom stereocenters. The van der Waals surface area contributed by atoms with Crippen LogP contribution in [0.4, 0.5) is 0 Å². The number of rotatable bonds is 3. The summed E-state index contributed by atoms with van der Waals surface area (Å²) in [7, 11) is 1.60. The van der Waals surface area contributed by atoms with Gasteiger partial charge in [-0.15, -0.1) is 0 Å². The van der Waals surface area contributed by atoms with Crippen LogP contribution < -0.4 is 16.0 Å². The third-order valence-electron chi connectivity index (χ3n) is 2.76. The molecular formula is C13H15N3O2. The SMILES string of the molecule is COc1ccc(-n2nc(C)c(CN)cc2=O)cc1. The molecule has 0 unspecified atom stereocenters. The molecule has 5 heteroatoms. The molecule has 2 N–H and O–H groups in total. The third-order valence-corrected chi connectivity index (χ3v) is 2.76. The molecule has 0 amide bonds. The number of aryl methyl sites for hydroxylation is 1. The van der Waals surface area contributed by atoms with E-state index in [1.54, 1.807) is 31.4 Å².